The average molecular weight is 311 g/mol. The molecule has 1 aliphatic heterocycles. The number of carbonyl (C=O) groups is 1. The van der Waals surface area contributed by atoms with Crippen LogP contribution in [0.3, 0.4) is 0 Å². The van der Waals surface area contributed by atoms with Gasteiger partial charge >= 0.3 is 0 Å². The van der Waals surface area contributed by atoms with E-state index in [9.17, 15) is 13.2 Å². The molecule has 1 saturated heterocycles. The van der Waals surface area contributed by atoms with Gasteiger partial charge < -0.3 is 10.6 Å². The Kier molecular flexibility index (Phi) is 4.97. The van der Waals surface area contributed by atoms with Crippen LogP contribution in [0.25, 0.3) is 0 Å². The Hall–Kier alpha value is -1.44. The maximum absolute atomic E-state index is 12.3. The van der Waals surface area contributed by atoms with E-state index in [1.165, 1.54) is 10.6 Å². The standard InChI is InChI=1S/C14H21N3O3S/c1-21(19,20)17-8-6-16(7-9-17)14(18)10-12-4-2-3-5-13(12)11-15/h2-5H,6-11,15H2,1H3. The highest BCUT2D eigenvalue weighted by atomic mass is 32.2. The SMILES string of the molecule is CS(=O)(=O)N1CCN(C(=O)Cc2ccccc2CN)CC1. The van der Waals surface area contributed by atoms with Gasteiger partial charge in [0.15, 0.2) is 0 Å². The fourth-order valence-corrected chi connectivity index (χ4v) is 3.30. The molecule has 0 aromatic heterocycles. The Balaban J connectivity index is 1.97. The normalized spacial score (nSPS) is 17.0. The Morgan fingerprint density at radius 1 is 1.14 bits per heavy atom. The zero-order valence-electron chi connectivity index (χ0n) is 12.2. The van der Waals surface area contributed by atoms with Crippen molar-refractivity contribution in [3.8, 4) is 0 Å². The lowest BCUT2D eigenvalue weighted by atomic mass is 10.0. The van der Waals surface area contributed by atoms with Gasteiger partial charge in [-0.25, -0.2) is 8.42 Å². The number of sulfonamides is 1. The minimum absolute atomic E-state index is 0.0176. The lowest BCUT2D eigenvalue weighted by Gasteiger charge is -2.33. The van der Waals surface area contributed by atoms with Crippen LogP contribution in [0.2, 0.25) is 0 Å². The summed E-state index contributed by atoms with van der Waals surface area (Å²) in [6.45, 7) is 2.02. The first-order valence-corrected chi connectivity index (χ1v) is 8.76. The first-order chi connectivity index (χ1) is 9.91. The van der Waals surface area contributed by atoms with Gasteiger partial charge in [0.1, 0.15) is 0 Å². The molecule has 1 aromatic rings. The molecule has 2 N–H and O–H groups in total. The fraction of sp³-hybridized carbons (Fsp3) is 0.500. The third kappa shape index (κ3) is 4.03. The minimum atomic E-state index is -3.17. The highest BCUT2D eigenvalue weighted by Crippen LogP contribution is 2.12. The maximum atomic E-state index is 12.3. The number of benzene rings is 1. The molecule has 1 amide bonds. The summed E-state index contributed by atoms with van der Waals surface area (Å²) in [7, 11) is -3.17. The number of piperazine rings is 1. The van der Waals surface area contributed by atoms with Gasteiger partial charge in [-0.3, -0.25) is 4.79 Å². The fourth-order valence-electron chi connectivity index (χ4n) is 2.47. The summed E-state index contributed by atoms with van der Waals surface area (Å²) in [5.74, 6) is 0.0176. The van der Waals surface area contributed by atoms with Crippen LogP contribution in [-0.4, -0.2) is 56.0 Å². The molecule has 6 nitrogen and oxygen atoms in total. The number of hydrogen-bond acceptors (Lipinski definition) is 4. The molecule has 2 rings (SSSR count). The minimum Gasteiger partial charge on any atom is -0.340 e. The van der Waals surface area contributed by atoms with Gasteiger partial charge in [-0.05, 0) is 11.1 Å². The molecule has 21 heavy (non-hydrogen) atoms. The molecule has 0 unspecified atom stereocenters. The molecule has 1 fully saturated rings. The number of nitrogens with zero attached hydrogens (tertiary/aromatic N) is 2. The van der Waals surface area contributed by atoms with Gasteiger partial charge in [-0.15, -0.1) is 0 Å². The molecule has 0 spiro atoms. The zero-order valence-corrected chi connectivity index (χ0v) is 13.0. The van der Waals surface area contributed by atoms with Crippen molar-refractivity contribution in [3.63, 3.8) is 0 Å². The topological polar surface area (TPSA) is 83.7 Å². The molecule has 7 heteroatoms. The van der Waals surface area contributed by atoms with E-state index < -0.39 is 10.0 Å². The largest absolute Gasteiger partial charge is 0.340 e. The Bertz CT molecular complexity index is 608. The summed E-state index contributed by atoms with van der Waals surface area (Å²) in [6, 6.07) is 7.63. The number of amides is 1. The van der Waals surface area contributed by atoms with Crippen molar-refractivity contribution in [2.75, 3.05) is 32.4 Å². The number of nitrogens with two attached hydrogens (primary N) is 1. The molecule has 1 aliphatic rings. The number of carbonyl (C=O) groups excluding carboxylic acids is 1. The molecule has 0 radical (unpaired) electrons. The van der Waals surface area contributed by atoms with E-state index in [0.717, 1.165) is 11.1 Å². The van der Waals surface area contributed by atoms with Crippen LogP contribution >= 0.6 is 0 Å². The van der Waals surface area contributed by atoms with Gasteiger partial charge in [0.2, 0.25) is 15.9 Å². The van der Waals surface area contributed by atoms with Gasteiger partial charge in [0.25, 0.3) is 0 Å². The second kappa shape index (κ2) is 6.55. The van der Waals surface area contributed by atoms with E-state index in [4.69, 9.17) is 5.73 Å². The molecule has 0 aliphatic carbocycles. The van der Waals surface area contributed by atoms with E-state index >= 15 is 0 Å². The highest BCUT2D eigenvalue weighted by molar-refractivity contribution is 7.88. The summed E-state index contributed by atoms with van der Waals surface area (Å²) in [5, 5.41) is 0. The van der Waals surface area contributed by atoms with Crippen molar-refractivity contribution in [1.29, 1.82) is 0 Å². The highest BCUT2D eigenvalue weighted by Gasteiger charge is 2.26. The van der Waals surface area contributed by atoms with Gasteiger partial charge in [-0.2, -0.15) is 4.31 Å². The quantitative estimate of drug-likeness (QED) is 0.834. The second-order valence-corrected chi connectivity index (χ2v) is 7.17. The molecule has 1 aromatic carbocycles. The molecule has 0 atom stereocenters. The van der Waals surface area contributed by atoms with E-state index in [1.807, 2.05) is 24.3 Å². The molecule has 1 heterocycles. The van der Waals surface area contributed by atoms with Crippen molar-refractivity contribution in [2.45, 2.75) is 13.0 Å². The molecule has 0 saturated carbocycles. The lowest BCUT2D eigenvalue weighted by molar-refractivity contribution is -0.131. The summed E-state index contributed by atoms with van der Waals surface area (Å²) < 4.78 is 24.3. The summed E-state index contributed by atoms with van der Waals surface area (Å²) in [6.07, 6.45) is 1.51. The Morgan fingerprint density at radius 3 is 2.24 bits per heavy atom. The van der Waals surface area contributed by atoms with E-state index in [-0.39, 0.29) is 5.91 Å². The van der Waals surface area contributed by atoms with Crippen LogP contribution in [0.15, 0.2) is 24.3 Å². The molecule has 116 valence electrons. The first-order valence-electron chi connectivity index (χ1n) is 6.91. The van der Waals surface area contributed by atoms with E-state index in [0.29, 0.717) is 39.1 Å². The van der Waals surface area contributed by atoms with Gasteiger partial charge in [-0.1, -0.05) is 24.3 Å². The van der Waals surface area contributed by atoms with Crippen molar-refractivity contribution >= 4 is 15.9 Å². The maximum Gasteiger partial charge on any atom is 0.227 e. The number of rotatable bonds is 4. The predicted octanol–water partition coefficient (Wildman–Crippen LogP) is -0.208. The van der Waals surface area contributed by atoms with Crippen LogP contribution in [0.1, 0.15) is 11.1 Å². The van der Waals surface area contributed by atoms with Gasteiger partial charge in [0, 0.05) is 32.7 Å². The summed E-state index contributed by atoms with van der Waals surface area (Å²) in [5.41, 5.74) is 7.59. The summed E-state index contributed by atoms with van der Waals surface area (Å²) >= 11 is 0. The second-order valence-electron chi connectivity index (χ2n) is 5.19. The monoisotopic (exact) mass is 311 g/mol. The van der Waals surface area contributed by atoms with Crippen molar-refractivity contribution in [3.05, 3.63) is 35.4 Å². The smallest absolute Gasteiger partial charge is 0.227 e. The van der Waals surface area contributed by atoms with Crippen LogP contribution in [0, 0.1) is 0 Å². The third-order valence-corrected chi connectivity index (χ3v) is 5.04. The van der Waals surface area contributed by atoms with Crippen LogP contribution in [0.4, 0.5) is 0 Å². The van der Waals surface area contributed by atoms with Crippen LogP contribution in [-0.2, 0) is 27.8 Å². The summed E-state index contributed by atoms with van der Waals surface area (Å²) in [4.78, 5) is 14.0. The Labute approximate surface area is 125 Å². The van der Waals surface area contributed by atoms with Crippen molar-refractivity contribution in [1.82, 2.24) is 9.21 Å². The molecule has 0 bridgehead atoms. The lowest BCUT2D eigenvalue weighted by Crippen LogP contribution is -2.50. The Morgan fingerprint density at radius 2 is 1.71 bits per heavy atom. The molecular formula is C14H21N3O3S. The van der Waals surface area contributed by atoms with Crippen LogP contribution in [0.5, 0.6) is 0 Å². The first kappa shape index (κ1) is 15.9. The van der Waals surface area contributed by atoms with Crippen LogP contribution < -0.4 is 5.73 Å². The predicted molar refractivity (Wildman–Crippen MR) is 81.0 cm³/mol. The molecular weight excluding hydrogens is 290 g/mol. The van der Waals surface area contributed by atoms with Gasteiger partial charge in [0.05, 0.1) is 12.7 Å². The number of hydrogen-bond donors (Lipinski definition) is 1. The van der Waals surface area contributed by atoms with E-state index in [2.05, 4.69) is 0 Å². The third-order valence-electron chi connectivity index (χ3n) is 3.74. The van der Waals surface area contributed by atoms with E-state index in [1.54, 1.807) is 4.90 Å². The zero-order chi connectivity index (χ0) is 15.5. The van der Waals surface area contributed by atoms with Crippen molar-refractivity contribution in [2.24, 2.45) is 5.73 Å². The van der Waals surface area contributed by atoms with Crippen molar-refractivity contribution < 1.29 is 13.2 Å². The average Bonchev–Trinajstić information content (AvgIpc) is 2.47.